The van der Waals surface area contributed by atoms with E-state index < -0.39 is 0 Å². The van der Waals surface area contributed by atoms with Crippen LogP contribution in [0.4, 0.5) is 0 Å². The van der Waals surface area contributed by atoms with Gasteiger partial charge in [-0.1, -0.05) is 24.6 Å². The summed E-state index contributed by atoms with van der Waals surface area (Å²) in [6.07, 6.45) is 4.78. The van der Waals surface area contributed by atoms with Gasteiger partial charge >= 0.3 is 0 Å². The largest absolute Gasteiger partial charge is 0.493 e. The van der Waals surface area contributed by atoms with Gasteiger partial charge in [-0.25, -0.2) is 0 Å². The van der Waals surface area contributed by atoms with E-state index in [1.807, 2.05) is 36.1 Å². The fraction of sp³-hybridized carbons (Fsp3) is 0.591. The number of hydrogen-bond acceptors (Lipinski definition) is 5. The third-order valence-corrected chi connectivity index (χ3v) is 6.14. The Morgan fingerprint density at radius 3 is 2.83 bits per heavy atom. The summed E-state index contributed by atoms with van der Waals surface area (Å²) in [6, 6.07) is 8.25. The number of hydrogen-bond donors (Lipinski definition) is 0. The Bertz CT molecular complexity index is 849. The van der Waals surface area contributed by atoms with Gasteiger partial charge in [-0.3, -0.25) is 9.69 Å². The predicted octanol–water partition coefficient (Wildman–Crippen LogP) is 2.60. The van der Waals surface area contributed by atoms with Gasteiger partial charge in [-0.2, -0.15) is 0 Å². The molecule has 7 nitrogen and oxygen atoms in total. The van der Waals surface area contributed by atoms with Gasteiger partial charge in [0.15, 0.2) is 0 Å². The van der Waals surface area contributed by atoms with Gasteiger partial charge in [0.1, 0.15) is 17.4 Å². The number of carbonyl (C=O) groups excluding carboxylic acids is 1. The molecule has 1 aromatic carbocycles. The number of carbonyl (C=O) groups is 1. The maximum absolute atomic E-state index is 12.7. The first-order chi connectivity index (χ1) is 14.1. The third-order valence-electron chi connectivity index (χ3n) is 6.14. The number of para-hydroxylation sites is 1. The molecule has 0 aliphatic carbocycles. The van der Waals surface area contributed by atoms with Crippen LogP contribution < -0.4 is 4.74 Å². The molecule has 1 saturated heterocycles. The van der Waals surface area contributed by atoms with Crippen LogP contribution in [0, 0.1) is 6.92 Å². The molecule has 0 radical (unpaired) electrons. The Balaban J connectivity index is 1.33. The minimum absolute atomic E-state index is 0.147. The lowest BCUT2D eigenvalue weighted by Gasteiger charge is -2.32. The summed E-state index contributed by atoms with van der Waals surface area (Å²) in [7, 11) is 2.17. The van der Waals surface area contributed by atoms with Crippen LogP contribution in [-0.2, 0) is 17.8 Å². The third kappa shape index (κ3) is 4.45. The van der Waals surface area contributed by atoms with Crippen molar-refractivity contribution in [1.82, 2.24) is 24.6 Å². The van der Waals surface area contributed by atoms with Gasteiger partial charge in [0.2, 0.25) is 5.91 Å². The molecule has 1 amide bonds. The molecule has 0 saturated carbocycles. The molecule has 0 N–H and O–H groups in total. The maximum Gasteiger partial charge on any atom is 0.226 e. The highest BCUT2D eigenvalue weighted by Crippen LogP contribution is 2.29. The maximum atomic E-state index is 12.7. The van der Waals surface area contributed by atoms with Crippen molar-refractivity contribution in [3.63, 3.8) is 0 Å². The Morgan fingerprint density at radius 1 is 1.14 bits per heavy atom. The highest BCUT2D eigenvalue weighted by molar-refractivity contribution is 5.76. The lowest BCUT2D eigenvalue weighted by atomic mass is 10.0. The molecule has 1 fully saturated rings. The van der Waals surface area contributed by atoms with Crippen molar-refractivity contribution in [2.24, 2.45) is 0 Å². The lowest BCUT2D eigenvalue weighted by Crippen LogP contribution is -2.35. The number of ether oxygens (including phenoxy) is 1. The highest BCUT2D eigenvalue weighted by Gasteiger charge is 2.29. The molecule has 3 heterocycles. The van der Waals surface area contributed by atoms with Crippen LogP contribution in [0.15, 0.2) is 24.3 Å². The summed E-state index contributed by atoms with van der Waals surface area (Å²) in [5, 5.41) is 8.98. The zero-order chi connectivity index (χ0) is 20.2. The van der Waals surface area contributed by atoms with E-state index in [-0.39, 0.29) is 5.91 Å². The molecule has 7 heteroatoms. The monoisotopic (exact) mass is 397 g/mol. The standard InChI is InChI=1S/C22H31N5O2/c1-17-7-3-4-9-19(17)29-16-11-21(28)26-13-10-20-23-24-22(27(20)15-14-26)18-8-5-6-12-25(18)2/h3-4,7,9,18H,5-6,8,10-16H2,1-2H3. The summed E-state index contributed by atoms with van der Waals surface area (Å²) in [6.45, 7) is 5.71. The second kappa shape index (κ2) is 8.95. The summed E-state index contributed by atoms with van der Waals surface area (Å²) in [5.41, 5.74) is 1.09. The van der Waals surface area contributed by atoms with Crippen molar-refractivity contribution in [1.29, 1.82) is 0 Å². The first-order valence-corrected chi connectivity index (χ1v) is 10.7. The molecule has 1 unspecified atom stereocenters. The van der Waals surface area contributed by atoms with E-state index in [9.17, 15) is 4.79 Å². The second-order valence-corrected chi connectivity index (χ2v) is 8.11. The molecule has 0 spiro atoms. The summed E-state index contributed by atoms with van der Waals surface area (Å²) >= 11 is 0. The lowest BCUT2D eigenvalue weighted by molar-refractivity contribution is -0.131. The molecule has 156 valence electrons. The van der Waals surface area contributed by atoms with Crippen molar-refractivity contribution >= 4 is 5.91 Å². The molecule has 4 rings (SSSR count). The molecule has 29 heavy (non-hydrogen) atoms. The second-order valence-electron chi connectivity index (χ2n) is 8.11. The van der Waals surface area contributed by atoms with E-state index in [0.717, 1.165) is 48.9 Å². The van der Waals surface area contributed by atoms with E-state index >= 15 is 0 Å². The van der Waals surface area contributed by atoms with Crippen molar-refractivity contribution in [3.05, 3.63) is 41.5 Å². The molecule has 2 aromatic rings. The van der Waals surface area contributed by atoms with Crippen LogP contribution in [0.25, 0.3) is 0 Å². The molecule has 2 aliphatic heterocycles. The molecule has 1 atom stereocenters. The summed E-state index contributed by atoms with van der Waals surface area (Å²) in [5.74, 6) is 3.07. The first-order valence-electron chi connectivity index (χ1n) is 10.7. The van der Waals surface area contributed by atoms with Gasteiger partial charge in [0.25, 0.3) is 0 Å². The number of piperidine rings is 1. The van der Waals surface area contributed by atoms with Gasteiger partial charge in [0.05, 0.1) is 19.1 Å². The number of amides is 1. The molecule has 2 aliphatic rings. The number of aryl methyl sites for hydroxylation is 1. The minimum Gasteiger partial charge on any atom is -0.493 e. The number of rotatable bonds is 5. The number of fused-ring (bicyclic) bond motifs is 1. The van der Waals surface area contributed by atoms with Crippen molar-refractivity contribution < 1.29 is 9.53 Å². The Morgan fingerprint density at radius 2 is 2.00 bits per heavy atom. The van der Waals surface area contributed by atoms with Crippen molar-refractivity contribution in [3.8, 4) is 5.75 Å². The summed E-state index contributed by atoms with van der Waals surface area (Å²) < 4.78 is 8.06. The van der Waals surface area contributed by atoms with Crippen LogP contribution in [0.3, 0.4) is 0 Å². The topological polar surface area (TPSA) is 63.5 Å². The van der Waals surface area contributed by atoms with E-state index in [4.69, 9.17) is 4.74 Å². The first kappa shape index (κ1) is 19.9. The van der Waals surface area contributed by atoms with Crippen LogP contribution in [0.1, 0.15) is 48.9 Å². The van der Waals surface area contributed by atoms with Crippen LogP contribution in [0.5, 0.6) is 5.75 Å². The minimum atomic E-state index is 0.147. The summed E-state index contributed by atoms with van der Waals surface area (Å²) in [4.78, 5) is 17.1. The van der Waals surface area contributed by atoms with Gasteiger partial charge in [-0.05, 0) is 45.0 Å². The quantitative estimate of drug-likeness (QED) is 0.776. The predicted molar refractivity (Wildman–Crippen MR) is 111 cm³/mol. The van der Waals surface area contributed by atoms with E-state index in [0.29, 0.717) is 32.2 Å². The van der Waals surface area contributed by atoms with E-state index in [2.05, 4.69) is 26.7 Å². The average molecular weight is 398 g/mol. The van der Waals surface area contributed by atoms with Crippen LogP contribution >= 0.6 is 0 Å². The SMILES string of the molecule is Cc1ccccc1OCCC(=O)N1CCc2nnc(C3CCCCN3C)n2CC1. The van der Waals surface area contributed by atoms with E-state index in [1.165, 1.54) is 12.8 Å². The molecular weight excluding hydrogens is 366 g/mol. The number of likely N-dealkylation sites (tertiary alicyclic amines) is 1. The van der Waals surface area contributed by atoms with Crippen LogP contribution in [0.2, 0.25) is 0 Å². The molecular formula is C22H31N5O2. The number of benzene rings is 1. The highest BCUT2D eigenvalue weighted by atomic mass is 16.5. The normalized spacial score (nSPS) is 20.2. The molecule has 0 bridgehead atoms. The Labute approximate surface area is 172 Å². The smallest absolute Gasteiger partial charge is 0.226 e. The zero-order valence-electron chi connectivity index (χ0n) is 17.5. The molecule has 1 aromatic heterocycles. The van der Waals surface area contributed by atoms with Crippen molar-refractivity contribution in [2.75, 3.05) is 33.3 Å². The van der Waals surface area contributed by atoms with Crippen molar-refractivity contribution in [2.45, 2.75) is 51.6 Å². The van der Waals surface area contributed by atoms with Gasteiger partial charge in [-0.15, -0.1) is 10.2 Å². The van der Waals surface area contributed by atoms with Gasteiger partial charge in [0, 0.05) is 26.1 Å². The Kier molecular flexibility index (Phi) is 6.13. The average Bonchev–Trinajstić information content (AvgIpc) is 3.00. The van der Waals surface area contributed by atoms with Crippen LogP contribution in [-0.4, -0.2) is 63.8 Å². The van der Waals surface area contributed by atoms with Gasteiger partial charge < -0.3 is 14.2 Å². The fourth-order valence-electron chi connectivity index (χ4n) is 4.37. The van der Waals surface area contributed by atoms with E-state index in [1.54, 1.807) is 0 Å². The Hall–Kier alpha value is -2.41. The fourth-order valence-corrected chi connectivity index (χ4v) is 4.37. The zero-order valence-corrected chi connectivity index (χ0v) is 17.5. The number of nitrogens with zero attached hydrogens (tertiary/aromatic N) is 5. The number of aromatic nitrogens is 3.